The first-order valence-electron chi connectivity index (χ1n) is 6.87. The van der Waals surface area contributed by atoms with Gasteiger partial charge in [-0.1, -0.05) is 0 Å². The molecule has 1 atom stereocenters. The molecule has 0 amide bonds. The van der Waals surface area contributed by atoms with E-state index in [0.29, 0.717) is 6.04 Å². The standard InChI is InChI=1S/C13H23N5/c1-3-18(4-2)13-8-12(15-10-16-13)17-11-6-5-7-14-9-11/h8,10-11,14H,3-7,9H2,1-2H3,(H,15,16,17). The smallest absolute Gasteiger partial charge is 0.134 e. The Hall–Kier alpha value is -1.36. The molecule has 0 saturated carbocycles. The number of rotatable bonds is 5. The van der Waals surface area contributed by atoms with Gasteiger partial charge in [-0.15, -0.1) is 0 Å². The monoisotopic (exact) mass is 249 g/mol. The zero-order chi connectivity index (χ0) is 12.8. The minimum atomic E-state index is 0.484. The van der Waals surface area contributed by atoms with Crippen LogP contribution in [0.1, 0.15) is 26.7 Å². The van der Waals surface area contributed by atoms with E-state index in [9.17, 15) is 0 Å². The Kier molecular flexibility index (Phi) is 4.75. The van der Waals surface area contributed by atoms with Crippen molar-refractivity contribution < 1.29 is 0 Å². The second-order valence-corrected chi connectivity index (χ2v) is 4.62. The minimum absolute atomic E-state index is 0.484. The summed E-state index contributed by atoms with van der Waals surface area (Å²) in [5.74, 6) is 1.93. The Labute approximate surface area is 109 Å². The van der Waals surface area contributed by atoms with E-state index in [1.807, 2.05) is 6.07 Å². The van der Waals surface area contributed by atoms with Crippen LogP contribution in [-0.4, -0.2) is 42.2 Å². The molecule has 0 aromatic carbocycles. The maximum Gasteiger partial charge on any atom is 0.134 e. The van der Waals surface area contributed by atoms with Crippen LogP contribution in [0, 0.1) is 0 Å². The van der Waals surface area contributed by atoms with Crippen molar-refractivity contribution >= 4 is 11.6 Å². The predicted molar refractivity (Wildman–Crippen MR) is 75.1 cm³/mol. The molecule has 1 aromatic rings. The van der Waals surface area contributed by atoms with Gasteiger partial charge in [-0.2, -0.15) is 0 Å². The second kappa shape index (κ2) is 6.54. The summed E-state index contributed by atoms with van der Waals surface area (Å²) in [4.78, 5) is 10.9. The third-order valence-corrected chi connectivity index (χ3v) is 3.39. The van der Waals surface area contributed by atoms with E-state index < -0.39 is 0 Å². The summed E-state index contributed by atoms with van der Waals surface area (Å²) >= 11 is 0. The number of hydrogen-bond acceptors (Lipinski definition) is 5. The summed E-state index contributed by atoms with van der Waals surface area (Å²) in [5, 5.41) is 6.88. The highest BCUT2D eigenvalue weighted by Crippen LogP contribution is 2.15. The molecule has 0 spiro atoms. The number of piperidine rings is 1. The lowest BCUT2D eigenvalue weighted by Crippen LogP contribution is -2.38. The molecule has 5 heteroatoms. The van der Waals surface area contributed by atoms with Crippen LogP contribution in [-0.2, 0) is 0 Å². The number of nitrogens with one attached hydrogen (secondary N) is 2. The molecular weight excluding hydrogens is 226 g/mol. The van der Waals surface area contributed by atoms with Crippen molar-refractivity contribution in [3.8, 4) is 0 Å². The highest BCUT2D eigenvalue weighted by Gasteiger charge is 2.13. The largest absolute Gasteiger partial charge is 0.366 e. The van der Waals surface area contributed by atoms with Gasteiger partial charge >= 0.3 is 0 Å². The van der Waals surface area contributed by atoms with Gasteiger partial charge in [0.25, 0.3) is 0 Å². The van der Waals surface area contributed by atoms with E-state index >= 15 is 0 Å². The number of nitrogens with zero attached hydrogens (tertiary/aromatic N) is 3. The van der Waals surface area contributed by atoms with Crippen LogP contribution >= 0.6 is 0 Å². The molecule has 18 heavy (non-hydrogen) atoms. The van der Waals surface area contributed by atoms with Crippen molar-refractivity contribution in [1.82, 2.24) is 15.3 Å². The van der Waals surface area contributed by atoms with Crippen LogP contribution in [0.3, 0.4) is 0 Å². The van der Waals surface area contributed by atoms with Crippen LogP contribution in [0.5, 0.6) is 0 Å². The Morgan fingerprint density at radius 1 is 1.39 bits per heavy atom. The fraction of sp³-hybridized carbons (Fsp3) is 0.692. The molecule has 1 aliphatic heterocycles. The van der Waals surface area contributed by atoms with Crippen LogP contribution in [0.25, 0.3) is 0 Å². The number of hydrogen-bond donors (Lipinski definition) is 2. The fourth-order valence-electron chi connectivity index (χ4n) is 2.33. The third-order valence-electron chi connectivity index (χ3n) is 3.39. The fourth-order valence-corrected chi connectivity index (χ4v) is 2.33. The van der Waals surface area contributed by atoms with Crippen LogP contribution in [0.4, 0.5) is 11.6 Å². The van der Waals surface area contributed by atoms with Gasteiger partial charge in [0.15, 0.2) is 0 Å². The van der Waals surface area contributed by atoms with E-state index in [4.69, 9.17) is 0 Å². The lowest BCUT2D eigenvalue weighted by molar-refractivity contribution is 0.479. The average molecular weight is 249 g/mol. The minimum Gasteiger partial charge on any atom is -0.366 e. The molecule has 100 valence electrons. The molecule has 1 aromatic heterocycles. The average Bonchev–Trinajstić information content (AvgIpc) is 2.42. The van der Waals surface area contributed by atoms with Crippen molar-refractivity contribution in [3.05, 3.63) is 12.4 Å². The van der Waals surface area contributed by atoms with E-state index in [-0.39, 0.29) is 0 Å². The van der Waals surface area contributed by atoms with Gasteiger partial charge in [0.05, 0.1) is 0 Å². The van der Waals surface area contributed by atoms with Gasteiger partial charge in [-0.25, -0.2) is 9.97 Å². The van der Waals surface area contributed by atoms with Gasteiger partial charge < -0.3 is 15.5 Å². The third kappa shape index (κ3) is 3.32. The molecule has 1 unspecified atom stereocenters. The lowest BCUT2D eigenvalue weighted by Gasteiger charge is -2.25. The molecular formula is C13H23N5. The van der Waals surface area contributed by atoms with Crippen molar-refractivity contribution in [2.24, 2.45) is 0 Å². The summed E-state index contributed by atoms with van der Waals surface area (Å²) < 4.78 is 0. The second-order valence-electron chi connectivity index (χ2n) is 4.62. The Morgan fingerprint density at radius 2 is 2.22 bits per heavy atom. The van der Waals surface area contributed by atoms with E-state index in [1.165, 1.54) is 12.8 Å². The first-order chi connectivity index (χ1) is 8.83. The Balaban J connectivity index is 2.01. The summed E-state index contributed by atoms with van der Waals surface area (Å²) in [5.41, 5.74) is 0. The molecule has 1 aliphatic rings. The van der Waals surface area contributed by atoms with Crippen molar-refractivity contribution in [2.45, 2.75) is 32.7 Å². The molecule has 0 aliphatic carbocycles. The molecule has 2 heterocycles. The first-order valence-corrected chi connectivity index (χ1v) is 6.87. The van der Waals surface area contributed by atoms with Crippen molar-refractivity contribution in [3.63, 3.8) is 0 Å². The van der Waals surface area contributed by atoms with Crippen LogP contribution in [0.15, 0.2) is 12.4 Å². The molecule has 2 N–H and O–H groups in total. The number of aromatic nitrogens is 2. The van der Waals surface area contributed by atoms with Gasteiger partial charge in [-0.05, 0) is 33.2 Å². The molecule has 1 fully saturated rings. The molecule has 0 radical (unpaired) electrons. The van der Waals surface area contributed by atoms with E-state index in [2.05, 4.69) is 39.3 Å². The van der Waals surface area contributed by atoms with E-state index in [0.717, 1.165) is 37.8 Å². The molecule has 2 rings (SSSR count). The van der Waals surface area contributed by atoms with Gasteiger partial charge in [-0.3, -0.25) is 0 Å². The van der Waals surface area contributed by atoms with Crippen molar-refractivity contribution in [2.75, 3.05) is 36.4 Å². The van der Waals surface area contributed by atoms with Gasteiger partial charge in [0.1, 0.15) is 18.0 Å². The highest BCUT2D eigenvalue weighted by molar-refractivity contribution is 5.48. The highest BCUT2D eigenvalue weighted by atomic mass is 15.2. The Morgan fingerprint density at radius 3 is 2.89 bits per heavy atom. The van der Waals surface area contributed by atoms with Gasteiger partial charge in [0, 0.05) is 31.7 Å². The van der Waals surface area contributed by atoms with Gasteiger partial charge in [0.2, 0.25) is 0 Å². The first kappa shape index (κ1) is 13.1. The predicted octanol–water partition coefficient (Wildman–Crippen LogP) is 1.49. The maximum atomic E-state index is 4.33. The molecule has 5 nitrogen and oxygen atoms in total. The normalized spacial score (nSPS) is 19.6. The summed E-state index contributed by atoms with van der Waals surface area (Å²) in [6.07, 6.45) is 4.08. The van der Waals surface area contributed by atoms with E-state index in [1.54, 1.807) is 6.33 Å². The molecule has 1 saturated heterocycles. The number of anilines is 2. The maximum absolute atomic E-state index is 4.33. The summed E-state index contributed by atoms with van der Waals surface area (Å²) in [6.45, 7) is 8.38. The molecule has 0 bridgehead atoms. The zero-order valence-electron chi connectivity index (χ0n) is 11.3. The lowest BCUT2D eigenvalue weighted by atomic mass is 10.1. The Bertz CT molecular complexity index is 358. The zero-order valence-corrected chi connectivity index (χ0v) is 11.3. The topological polar surface area (TPSA) is 53.1 Å². The summed E-state index contributed by atoms with van der Waals surface area (Å²) in [6, 6.07) is 2.53. The van der Waals surface area contributed by atoms with Crippen LogP contribution < -0.4 is 15.5 Å². The SMILES string of the molecule is CCN(CC)c1cc(NC2CCCNC2)ncn1. The van der Waals surface area contributed by atoms with Crippen molar-refractivity contribution in [1.29, 1.82) is 0 Å². The summed E-state index contributed by atoms with van der Waals surface area (Å²) in [7, 11) is 0. The quantitative estimate of drug-likeness (QED) is 0.828. The van der Waals surface area contributed by atoms with Crippen LogP contribution in [0.2, 0.25) is 0 Å².